The molecule has 2 aromatic rings. The SMILES string of the molecule is CCOc1ccc(N2C(=O)NC(=O)C(=Cc3ccc([N+](=O)[O-])cc3)C2=O)cc1. The molecule has 28 heavy (non-hydrogen) atoms. The largest absolute Gasteiger partial charge is 0.494 e. The minimum absolute atomic E-state index is 0.118. The smallest absolute Gasteiger partial charge is 0.335 e. The number of nitro benzene ring substituents is 1. The van der Waals surface area contributed by atoms with Crippen molar-refractivity contribution in [1.82, 2.24) is 5.32 Å². The number of hydrogen-bond acceptors (Lipinski definition) is 6. The molecule has 4 amide bonds. The fourth-order valence-electron chi connectivity index (χ4n) is 2.61. The van der Waals surface area contributed by atoms with Gasteiger partial charge in [0.15, 0.2) is 0 Å². The molecule has 9 heteroatoms. The molecule has 2 aromatic carbocycles. The van der Waals surface area contributed by atoms with E-state index in [-0.39, 0.29) is 16.9 Å². The molecule has 3 rings (SSSR count). The number of amides is 4. The van der Waals surface area contributed by atoms with Crippen LogP contribution in [-0.4, -0.2) is 29.4 Å². The Morgan fingerprint density at radius 3 is 2.29 bits per heavy atom. The second kappa shape index (κ2) is 7.70. The van der Waals surface area contributed by atoms with Crippen LogP contribution in [0.5, 0.6) is 5.75 Å². The van der Waals surface area contributed by atoms with E-state index in [1.807, 2.05) is 6.92 Å². The fraction of sp³-hybridized carbons (Fsp3) is 0.105. The molecule has 0 aliphatic carbocycles. The Morgan fingerprint density at radius 1 is 1.07 bits per heavy atom. The van der Waals surface area contributed by atoms with Crippen LogP contribution in [0.25, 0.3) is 6.08 Å². The average molecular weight is 381 g/mol. The summed E-state index contributed by atoms with van der Waals surface area (Å²) in [5.41, 5.74) is 0.299. The Bertz CT molecular complexity index is 980. The van der Waals surface area contributed by atoms with Crippen LogP contribution in [0.4, 0.5) is 16.2 Å². The zero-order valence-electron chi connectivity index (χ0n) is 14.7. The molecule has 1 fully saturated rings. The van der Waals surface area contributed by atoms with Gasteiger partial charge in [0.1, 0.15) is 11.3 Å². The predicted molar refractivity (Wildman–Crippen MR) is 99.7 cm³/mol. The molecule has 142 valence electrons. The van der Waals surface area contributed by atoms with Gasteiger partial charge in [-0.15, -0.1) is 0 Å². The second-order valence-corrected chi connectivity index (χ2v) is 5.73. The van der Waals surface area contributed by atoms with Crippen molar-refractivity contribution in [2.24, 2.45) is 0 Å². The number of imide groups is 2. The van der Waals surface area contributed by atoms with E-state index in [4.69, 9.17) is 4.74 Å². The summed E-state index contributed by atoms with van der Waals surface area (Å²) in [6.45, 7) is 2.30. The van der Waals surface area contributed by atoms with Crippen molar-refractivity contribution in [2.45, 2.75) is 6.92 Å². The summed E-state index contributed by atoms with van der Waals surface area (Å²) in [6.07, 6.45) is 1.27. The Morgan fingerprint density at radius 2 is 1.71 bits per heavy atom. The zero-order chi connectivity index (χ0) is 20.3. The van der Waals surface area contributed by atoms with Gasteiger partial charge >= 0.3 is 6.03 Å². The highest BCUT2D eigenvalue weighted by molar-refractivity contribution is 6.39. The first kappa shape index (κ1) is 18.8. The predicted octanol–water partition coefficient (Wildman–Crippen LogP) is 2.66. The number of nitro groups is 1. The number of benzene rings is 2. The Hall–Kier alpha value is -4.01. The third-order valence-corrected chi connectivity index (χ3v) is 3.92. The van der Waals surface area contributed by atoms with Crippen LogP contribution < -0.4 is 15.0 Å². The van der Waals surface area contributed by atoms with E-state index in [1.165, 1.54) is 42.5 Å². The number of hydrogen-bond donors (Lipinski definition) is 1. The van der Waals surface area contributed by atoms with Crippen LogP contribution in [0.2, 0.25) is 0 Å². The molecule has 0 unspecified atom stereocenters. The first-order valence-corrected chi connectivity index (χ1v) is 8.29. The van der Waals surface area contributed by atoms with Gasteiger partial charge in [-0.3, -0.25) is 25.0 Å². The van der Waals surface area contributed by atoms with Gasteiger partial charge in [-0.05, 0) is 55.0 Å². The summed E-state index contributed by atoms with van der Waals surface area (Å²) < 4.78 is 5.33. The van der Waals surface area contributed by atoms with Crippen LogP contribution in [-0.2, 0) is 9.59 Å². The number of non-ortho nitro benzene ring substituents is 1. The zero-order valence-corrected chi connectivity index (χ0v) is 14.7. The third-order valence-electron chi connectivity index (χ3n) is 3.92. The normalized spacial score (nSPS) is 15.5. The van der Waals surface area contributed by atoms with E-state index in [1.54, 1.807) is 12.1 Å². The molecule has 1 heterocycles. The third kappa shape index (κ3) is 3.73. The van der Waals surface area contributed by atoms with Crippen molar-refractivity contribution >= 4 is 35.3 Å². The van der Waals surface area contributed by atoms with Crippen LogP contribution in [0.15, 0.2) is 54.1 Å². The Labute approximate surface area is 159 Å². The fourth-order valence-corrected chi connectivity index (χ4v) is 2.61. The maximum atomic E-state index is 12.8. The van der Waals surface area contributed by atoms with Crippen LogP contribution in [0.3, 0.4) is 0 Å². The standard InChI is InChI=1S/C19H15N3O6/c1-2-28-15-9-7-13(8-10-15)21-18(24)16(17(23)20-19(21)25)11-12-3-5-14(6-4-12)22(26)27/h3-11H,2H2,1H3,(H,20,23,25). The highest BCUT2D eigenvalue weighted by Crippen LogP contribution is 2.24. The monoisotopic (exact) mass is 381 g/mol. The minimum atomic E-state index is -0.861. The molecule has 0 atom stereocenters. The summed E-state index contributed by atoms with van der Waals surface area (Å²) in [6, 6.07) is 10.7. The Balaban J connectivity index is 1.92. The number of anilines is 1. The first-order chi connectivity index (χ1) is 13.4. The lowest BCUT2D eigenvalue weighted by atomic mass is 10.1. The maximum absolute atomic E-state index is 12.8. The van der Waals surface area contributed by atoms with E-state index < -0.39 is 22.8 Å². The summed E-state index contributed by atoms with van der Waals surface area (Å²) in [4.78, 5) is 48.1. The molecule has 9 nitrogen and oxygen atoms in total. The second-order valence-electron chi connectivity index (χ2n) is 5.73. The summed E-state index contributed by atoms with van der Waals surface area (Å²) in [7, 11) is 0. The lowest BCUT2D eigenvalue weighted by Gasteiger charge is -2.26. The van der Waals surface area contributed by atoms with E-state index in [0.717, 1.165) is 4.90 Å². The van der Waals surface area contributed by atoms with Crippen molar-refractivity contribution in [1.29, 1.82) is 0 Å². The molecule has 1 aliphatic heterocycles. The number of carbonyl (C=O) groups excluding carboxylic acids is 3. The van der Waals surface area contributed by atoms with Gasteiger partial charge in [0.2, 0.25) is 0 Å². The molecule has 1 aliphatic rings. The summed E-state index contributed by atoms with van der Waals surface area (Å²) in [5.74, 6) is -1.05. The number of nitrogens with zero attached hydrogens (tertiary/aromatic N) is 2. The van der Waals surface area contributed by atoms with Gasteiger partial charge in [-0.25, -0.2) is 9.69 Å². The Kier molecular flexibility index (Phi) is 5.16. The maximum Gasteiger partial charge on any atom is 0.335 e. The molecule has 0 radical (unpaired) electrons. The number of ether oxygens (including phenoxy) is 1. The van der Waals surface area contributed by atoms with Crippen molar-refractivity contribution < 1.29 is 24.0 Å². The summed E-state index contributed by atoms with van der Waals surface area (Å²) >= 11 is 0. The van der Waals surface area contributed by atoms with Crippen LogP contribution in [0.1, 0.15) is 12.5 Å². The number of rotatable bonds is 5. The topological polar surface area (TPSA) is 119 Å². The van der Waals surface area contributed by atoms with Gasteiger partial charge in [0.05, 0.1) is 17.2 Å². The molecular formula is C19H15N3O6. The van der Waals surface area contributed by atoms with Gasteiger partial charge in [-0.1, -0.05) is 0 Å². The summed E-state index contributed by atoms with van der Waals surface area (Å²) in [5, 5.41) is 12.8. The first-order valence-electron chi connectivity index (χ1n) is 8.29. The van der Waals surface area contributed by atoms with Crippen molar-refractivity contribution in [3.8, 4) is 5.75 Å². The van der Waals surface area contributed by atoms with Gasteiger partial charge < -0.3 is 4.74 Å². The molecule has 0 bridgehead atoms. The van der Waals surface area contributed by atoms with Crippen LogP contribution >= 0.6 is 0 Å². The van der Waals surface area contributed by atoms with Crippen LogP contribution in [0, 0.1) is 10.1 Å². The molecule has 1 saturated heterocycles. The van der Waals surface area contributed by atoms with Gasteiger partial charge in [-0.2, -0.15) is 0 Å². The lowest BCUT2D eigenvalue weighted by Crippen LogP contribution is -2.54. The molecule has 0 aromatic heterocycles. The van der Waals surface area contributed by atoms with E-state index in [9.17, 15) is 24.5 Å². The number of urea groups is 1. The van der Waals surface area contributed by atoms with E-state index in [0.29, 0.717) is 17.9 Å². The van der Waals surface area contributed by atoms with E-state index >= 15 is 0 Å². The molecule has 0 saturated carbocycles. The molecular weight excluding hydrogens is 366 g/mol. The quantitative estimate of drug-likeness (QED) is 0.368. The average Bonchev–Trinajstić information content (AvgIpc) is 2.67. The van der Waals surface area contributed by atoms with Crippen molar-refractivity contribution in [2.75, 3.05) is 11.5 Å². The highest BCUT2D eigenvalue weighted by Gasteiger charge is 2.36. The minimum Gasteiger partial charge on any atom is -0.494 e. The lowest BCUT2D eigenvalue weighted by molar-refractivity contribution is -0.384. The highest BCUT2D eigenvalue weighted by atomic mass is 16.6. The molecule has 0 spiro atoms. The van der Waals surface area contributed by atoms with Crippen molar-refractivity contribution in [3.05, 3.63) is 69.8 Å². The molecule has 1 N–H and O–H groups in total. The number of nitrogens with one attached hydrogen (secondary N) is 1. The van der Waals surface area contributed by atoms with Crippen molar-refractivity contribution in [3.63, 3.8) is 0 Å². The number of barbiturate groups is 1. The van der Waals surface area contributed by atoms with E-state index in [2.05, 4.69) is 5.32 Å². The number of carbonyl (C=O) groups is 3. The van der Waals surface area contributed by atoms with Gasteiger partial charge in [0, 0.05) is 12.1 Å². The van der Waals surface area contributed by atoms with Gasteiger partial charge in [0.25, 0.3) is 17.5 Å².